The van der Waals surface area contributed by atoms with E-state index >= 15 is 0 Å². The number of hydrogen-bond donors (Lipinski definition) is 1. The van der Waals surface area contributed by atoms with Crippen LogP contribution in [0.1, 0.15) is 35.3 Å². The van der Waals surface area contributed by atoms with Crippen LogP contribution in [0.2, 0.25) is 0 Å². The summed E-state index contributed by atoms with van der Waals surface area (Å²) in [5.74, 6) is -0.132. The maximum Gasteiger partial charge on any atom is 0.257 e. The van der Waals surface area contributed by atoms with Gasteiger partial charge >= 0.3 is 0 Å². The smallest absolute Gasteiger partial charge is 0.257 e. The molecule has 134 valence electrons. The van der Waals surface area contributed by atoms with Crippen molar-refractivity contribution in [1.82, 2.24) is 4.98 Å². The summed E-state index contributed by atoms with van der Waals surface area (Å²) in [6.07, 6.45) is 0. The zero-order chi connectivity index (χ0) is 18.7. The minimum atomic E-state index is -0.132. The molecule has 5 heteroatoms. The lowest BCUT2D eigenvalue weighted by Gasteiger charge is -2.06. The SMILES string of the molecule is Cc1ccc(C)c(-c2csc(NC(=O)c3ccc(SC(C)C)cc3)n2)c1. The zero-order valence-electron chi connectivity index (χ0n) is 15.4. The van der Waals surface area contributed by atoms with Gasteiger partial charge in [0.25, 0.3) is 5.91 Å². The summed E-state index contributed by atoms with van der Waals surface area (Å²) in [6, 6.07) is 14.0. The minimum Gasteiger partial charge on any atom is -0.298 e. The fourth-order valence-electron chi connectivity index (χ4n) is 2.59. The highest BCUT2D eigenvalue weighted by molar-refractivity contribution is 7.99. The van der Waals surface area contributed by atoms with E-state index in [2.05, 4.69) is 56.2 Å². The molecule has 0 bridgehead atoms. The van der Waals surface area contributed by atoms with Crippen LogP contribution in [0, 0.1) is 13.8 Å². The lowest BCUT2D eigenvalue weighted by atomic mass is 10.0. The van der Waals surface area contributed by atoms with Crippen LogP contribution in [-0.2, 0) is 0 Å². The molecule has 3 aromatic rings. The number of nitrogens with zero attached hydrogens (tertiary/aromatic N) is 1. The van der Waals surface area contributed by atoms with E-state index < -0.39 is 0 Å². The number of nitrogens with one attached hydrogen (secondary N) is 1. The van der Waals surface area contributed by atoms with Gasteiger partial charge in [-0.1, -0.05) is 31.5 Å². The third-order valence-electron chi connectivity index (χ3n) is 3.88. The number of thiazole rings is 1. The Morgan fingerprint density at radius 1 is 1.12 bits per heavy atom. The molecule has 0 spiro atoms. The van der Waals surface area contributed by atoms with Crippen molar-refractivity contribution in [1.29, 1.82) is 0 Å². The van der Waals surface area contributed by atoms with Crippen LogP contribution in [0.5, 0.6) is 0 Å². The molecule has 2 aromatic carbocycles. The molecule has 0 unspecified atom stereocenters. The van der Waals surface area contributed by atoms with Gasteiger partial charge in [-0.05, 0) is 49.7 Å². The number of aromatic nitrogens is 1. The first-order chi connectivity index (χ1) is 12.4. The molecule has 3 rings (SSSR count). The van der Waals surface area contributed by atoms with Crippen LogP contribution in [-0.4, -0.2) is 16.1 Å². The number of aryl methyl sites for hydroxylation is 2. The summed E-state index contributed by atoms with van der Waals surface area (Å²) in [5.41, 5.74) is 5.02. The van der Waals surface area contributed by atoms with Gasteiger partial charge in [0.05, 0.1) is 5.69 Å². The predicted molar refractivity (Wildman–Crippen MR) is 112 cm³/mol. The lowest BCUT2D eigenvalue weighted by Crippen LogP contribution is -2.11. The second-order valence-corrected chi connectivity index (χ2v) is 9.01. The Morgan fingerprint density at radius 3 is 2.54 bits per heavy atom. The zero-order valence-corrected chi connectivity index (χ0v) is 17.0. The molecule has 0 aliphatic rings. The first-order valence-corrected chi connectivity index (χ1v) is 10.3. The van der Waals surface area contributed by atoms with Crippen LogP contribution in [0.3, 0.4) is 0 Å². The summed E-state index contributed by atoms with van der Waals surface area (Å²) in [6.45, 7) is 8.45. The van der Waals surface area contributed by atoms with Gasteiger partial charge in [-0.2, -0.15) is 0 Å². The molecule has 0 saturated heterocycles. The molecule has 0 saturated carbocycles. The first kappa shape index (κ1) is 18.7. The highest BCUT2D eigenvalue weighted by Gasteiger charge is 2.11. The van der Waals surface area contributed by atoms with Gasteiger partial charge in [-0.25, -0.2) is 4.98 Å². The Kier molecular flexibility index (Phi) is 5.79. The molecule has 0 fully saturated rings. The summed E-state index contributed by atoms with van der Waals surface area (Å²) in [4.78, 5) is 18.2. The Morgan fingerprint density at radius 2 is 1.85 bits per heavy atom. The minimum absolute atomic E-state index is 0.132. The molecular formula is C21H22N2OS2. The standard InChI is InChI=1S/C21H22N2OS2/c1-13(2)26-17-9-7-16(8-10-17)20(24)23-21-22-19(12-25-21)18-11-14(3)5-6-15(18)4/h5-13H,1-4H3,(H,22,23,24). The van der Waals surface area contributed by atoms with Crippen LogP contribution in [0.25, 0.3) is 11.3 Å². The third kappa shape index (κ3) is 4.54. The third-order valence-corrected chi connectivity index (χ3v) is 5.66. The Bertz CT molecular complexity index is 914. The van der Waals surface area contributed by atoms with Gasteiger partial charge < -0.3 is 0 Å². The molecule has 3 nitrogen and oxygen atoms in total. The topological polar surface area (TPSA) is 42.0 Å². The van der Waals surface area contributed by atoms with E-state index in [0.29, 0.717) is 15.9 Å². The summed E-state index contributed by atoms with van der Waals surface area (Å²) in [7, 11) is 0. The molecule has 1 N–H and O–H groups in total. The lowest BCUT2D eigenvalue weighted by molar-refractivity contribution is 0.102. The second-order valence-electron chi connectivity index (χ2n) is 6.50. The van der Waals surface area contributed by atoms with Crippen molar-refractivity contribution in [2.45, 2.75) is 37.8 Å². The van der Waals surface area contributed by atoms with Crippen LogP contribution >= 0.6 is 23.1 Å². The fourth-order valence-corrected chi connectivity index (χ4v) is 4.14. The molecule has 1 aromatic heterocycles. The van der Waals surface area contributed by atoms with E-state index in [4.69, 9.17) is 0 Å². The fraction of sp³-hybridized carbons (Fsp3) is 0.238. The van der Waals surface area contributed by atoms with Crippen molar-refractivity contribution in [2.24, 2.45) is 0 Å². The van der Waals surface area contributed by atoms with Crippen LogP contribution < -0.4 is 5.32 Å². The molecule has 0 radical (unpaired) electrons. The number of anilines is 1. The van der Waals surface area contributed by atoms with Crippen LogP contribution in [0.4, 0.5) is 5.13 Å². The van der Waals surface area contributed by atoms with E-state index in [1.54, 1.807) is 11.8 Å². The molecule has 0 atom stereocenters. The monoisotopic (exact) mass is 382 g/mol. The highest BCUT2D eigenvalue weighted by atomic mass is 32.2. The van der Waals surface area contributed by atoms with E-state index in [1.807, 2.05) is 29.6 Å². The van der Waals surface area contributed by atoms with Crippen molar-refractivity contribution in [3.05, 3.63) is 64.5 Å². The van der Waals surface area contributed by atoms with Crippen molar-refractivity contribution < 1.29 is 4.79 Å². The molecule has 0 aliphatic heterocycles. The van der Waals surface area contributed by atoms with Crippen molar-refractivity contribution in [3.8, 4) is 11.3 Å². The van der Waals surface area contributed by atoms with Crippen molar-refractivity contribution in [3.63, 3.8) is 0 Å². The highest BCUT2D eigenvalue weighted by Crippen LogP contribution is 2.29. The first-order valence-electron chi connectivity index (χ1n) is 8.53. The summed E-state index contributed by atoms with van der Waals surface area (Å²) in [5, 5.41) is 6.03. The Balaban J connectivity index is 1.72. The summed E-state index contributed by atoms with van der Waals surface area (Å²) >= 11 is 3.23. The van der Waals surface area contributed by atoms with Gasteiger partial charge in [0.1, 0.15) is 0 Å². The van der Waals surface area contributed by atoms with Gasteiger partial charge in [0, 0.05) is 26.7 Å². The van der Waals surface area contributed by atoms with Crippen LogP contribution in [0.15, 0.2) is 52.7 Å². The van der Waals surface area contributed by atoms with E-state index in [0.717, 1.165) is 11.3 Å². The van der Waals surface area contributed by atoms with Crippen molar-refractivity contribution in [2.75, 3.05) is 5.32 Å². The number of carbonyl (C=O) groups is 1. The van der Waals surface area contributed by atoms with Gasteiger partial charge in [-0.3, -0.25) is 10.1 Å². The van der Waals surface area contributed by atoms with Gasteiger partial charge in [-0.15, -0.1) is 23.1 Å². The molecule has 26 heavy (non-hydrogen) atoms. The molecule has 1 heterocycles. The number of hydrogen-bond acceptors (Lipinski definition) is 4. The molecule has 1 amide bonds. The number of amides is 1. The molecular weight excluding hydrogens is 360 g/mol. The van der Waals surface area contributed by atoms with Gasteiger partial charge in [0.2, 0.25) is 0 Å². The number of benzene rings is 2. The predicted octanol–water partition coefficient (Wildman–Crippen LogP) is 6.18. The number of rotatable bonds is 5. The van der Waals surface area contributed by atoms with E-state index in [-0.39, 0.29) is 5.91 Å². The number of thioether (sulfide) groups is 1. The van der Waals surface area contributed by atoms with Crippen molar-refractivity contribution >= 4 is 34.1 Å². The average Bonchev–Trinajstić information content (AvgIpc) is 3.05. The maximum absolute atomic E-state index is 12.5. The normalized spacial score (nSPS) is 11.0. The number of carbonyl (C=O) groups excluding carboxylic acids is 1. The second kappa shape index (κ2) is 8.06. The summed E-state index contributed by atoms with van der Waals surface area (Å²) < 4.78 is 0. The van der Waals surface area contributed by atoms with E-state index in [1.165, 1.54) is 27.4 Å². The average molecular weight is 383 g/mol. The quantitative estimate of drug-likeness (QED) is 0.536. The van der Waals surface area contributed by atoms with E-state index in [9.17, 15) is 4.79 Å². The van der Waals surface area contributed by atoms with Gasteiger partial charge in [0.15, 0.2) is 5.13 Å². The maximum atomic E-state index is 12.5. The molecule has 0 aliphatic carbocycles. The Hall–Kier alpha value is -2.11. The Labute approximate surface area is 162 Å². The largest absolute Gasteiger partial charge is 0.298 e.